The number of ether oxygens (including phenoxy) is 1. The van der Waals surface area contributed by atoms with Gasteiger partial charge in [-0.25, -0.2) is 9.67 Å². The van der Waals surface area contributed by atoms with E-state index in [1.807, 2.05) is 10.7 Å². The lowest BCUT2D eigenvalue weighted by molar-refractivity contribution is -0.0427. The number of benzene rings is 1. The maximum Gasteiger partial charge on any atom is 0.162 e. The zero-order valence-electron chi connectivity index (χ0n) is 16.0. The van der Waals surface area contributed by atoms with Crippen LogP contribution in [0.25, 0.3) is 16.7 Å². The Labute approximate surface area is 164 Å². The van der Waals surface area contributed by atoms with Gasteiger partial charge in [-0.2, -0.15) is 5.10 Å². The van der Waals surface area contributed by atoms with Crippen LogP contribution in [0.2, 0.25) is 0 Å². The average molecular weight is 378 g/mol. The maximum atomic E-state index is 10.4. The molecule has 1 saturated carbocycles. The quantitative estimate of drug-likeness (QED) is 0.710. The van der Waals surface area contributed by atoms with Crippen LogP contribution in [0.1, 0.15) is 43.8 Å². The molecule has 0 amide bonds. The molecule has 1 aliphatic carbocycles. The molecule has 0 spiro atoms. The number of rotatable bonds is 6. The van der Waals surface area contributed by atoms with Crippen molar-refractivity contribution in [2.75, 3.05) is 24.6 Å². The van der Waals surface area contributed by atoms with Gasteiger partial charge in [0.25, 0.3) is 0 Å². The first-order valence-corrected chi connectivity index (χ1v) is 10.3. The Hall–Kier alpha value is -2.44. The summed E-state index contributed by atoms with van der Waals surface area (Å²) in [5.74, 6) is 0. The molecule has 0 unspecified atom stereocenters. The van der Waals surface area contributed by atoms with E-state index < -0.39 is 6.10 Å². The highest BCUT2D eigenvalue weighted by molar-refractivity contribution is 5.77. The Balaban J connectivity index is 1.34. The smallest absolute Gasteiger partial charge is 0.162 e. The fourth-order valence-electron chi connectivity index (χ4n) is 3.95. The summed E-state index contributed by atoms with van der Waals surface area (Å²) in [6, 6.07) is 10.5. The highest BCUT2D eigenvalue weighted by Gasteiger charge is 2.20. The number of aliphatic hydroxyl groups is 1. The van der Waals surface area contributed by atoms with Crippen molar-refractivity contribution >= 4 is 16.7 Å². The fraction of sp³-hybridized carbons (Fsp3) is 0.455. The lowest BCUT2D eigenvalue weighted by atomic mass is 9.96. The van der Waals surface area contributed by atoms with Crippen LogP contribution >= 0.6 is 0 Å². The molecule has 28 heavy (non-hydrogen) atoms. The number of pyridine rings is 1. The van der Waals surface area contributed by atoms with E-state index in [1.54, 1.807) is 12.4 Å². The van der Waals surface area contributed by atoms with Gasteiger partial charge in [0.15, 0.2) is 5.65 Å². The van der Waals surface area contributed by atoms with E-state index in [2.05, 4.69) is 39.2 Å². The van der Waals surface area contributed by atoms with E-state index >= 15 is 0 Å². The second-order valence-corrected chi connectivity index (χ2v) is 7.85. The van der Waals surface area contributed by atoms with Crippen LogP contribution in [0.4, 0.5) is 5.69 Å². The lowest BCUT2D eigenvalue weighted by Crippen LogP contribution is -2.24. The van der Waals surface area contributed by atoms with Crippen LogP contribution in [0.3, 0.4) is 0 Å². The Bertz CT molecular complexity index is 943. The normalized spacial score (nSPS) is 18.5. The van der Waals surface area contributed by atoms with Crippen molar-refractivity contribution in [2.24, 2.45) is 0 Å². The van der Waals surface area contributed by atoms with Crippen molar-refractivity contribution in [3.05, 3.63) is 48.3 Å². The molecule has 1 aliphatic heterocycles. The average Bonchev–Trinajstić information content (AvgIpc) is 3.36. The summed E-state index contributed by atoms with van der Waals surface area (Å²) in [7, 11) is 0. The van der Waals surface area contributed by atoms with Gasteiger partial charge < -0.3 is 14.7 Å². The molecule has 2 aliphatic rings. The summed E-state index contributed by atoms with van der Waals surface area (Å²) >= 11 is 0. The molecule has 1 saturated heterocycles. The molecule has 0 radical (unpaired) electrons. The molecule has 6 nitrogen and oxygen atoms in total. The van der Waals surface area contributed by atoms with E-state index in [4.69, 9.17) is 4.74 Å². The first kappa shape index (κ1) is 17.6. The third-order valence-corrected chi connectivity index (χ3v) is 5.92. The van der Waals surface area contributed by atoms with E-state index in [0.717, 1.165) is 48.2 Å². The maximum absolute atomic E-state index is 10.4. The van der Waals surface area contributed by atoms with Gasteiger partial charge in [0.1, 0.15) is 6.10 Å². The zero-order chi connectivity index (χ0) is 18.9. The van der Waals surface area contributed by atoms with Gasteiger partial charge >= 0.3 is 0 Å². The van der Waals surface area contributed by atoms with Crippen LogP contribution in [0.15, 0.2) is 42.7 Å². The molecule has 1 N–H and O–H groups in total. The molecule has 1 atom stereocenters. The van der Waals surface area contributed by atoms with Gasteiger partial charge in [0.2, 0.25) is 0 Å². The number of nitrogens with zero attached hydrogens (tertiary/aromatic N) is 4. The molecule has 3 aromatic rings. The predicted octanol–water partition coefficient (Wildman–Crippen LogP) is 3.62. The number of hydrogen-bond donors (Lipinski definition) is 1. The van der Waals surface area contributed by atoms with Gasteiger partial charge in [-0.05, 0) is 62.4 Å². The van der Waals surface area contributed by atoms with Gasteiger partial charge in [0.05, 0.1) is 24.6 Å². The van der Waals surface area contributed by atoms with Crippen LogP contribution in [0.5, 0.6) is 0 Å². The first-order chi connectivity index (χ1) is 13.8. The highest BCUT2D eigenvalue weighted by Crippen LogP contribution is 2.26. The van der Waals surface area contributed by atoms with E-state index in [-0.39, 0.29) is 0 Å². The summed E-state index contributed by atoms with van der Waals surface area (Å²) in [6.45, 7) is 2.60. The highest BCUT2D eigenvalue weighted by atomic mass is 16.5. The van der Waals surface area contributed by atoms with E-state index in [0.29, 0.717) is 12.7 Å². The van der Waals surface area contributed by atoms with Gasteiger partial charge in [-0.15, -0.1) is 0 Å². The lowest BCUT2D eigenvalue weighted by Gasteiger charge is -2.26. The predicted molar refractivity (Wildman–Crippen MR) is 109 cm³/mol. The van der Waals surface area contributed by atoms with Crippen LogP contribution in [0, 0.1) is 0 Å². The number of fused-ring (bicyclic) bond motifs is 1. The van der Waals surface area contributed by atoms with Crippen molar-refractivity contribution < 1.29 is 9.84 Å². The number of anilines is 1. The van der Waals surface area contributed by atoms with Crippen molar-refractivity contribution in [1.82, 2.24) is 14.8 Å². The van der Waals surface area contributed by atoms with Crippen LogP contribution in [-0.2, 0) is 4.74 Å². The Morgan fingerprint density at radius 2 is 1.79 bits per heavy atom. The number of aliphatic hydroxyl groups excluding tert-OH is 1. The molecule has 2 aromatic heterocycles. The van der Waals surface area contributed by atoms with Crippen molar-refractivity contribution in [1.29, 1.82) is 0 Å². The minimum atomic E-state index is -0.652. The minimum Gasteiger partial charge on any atom is -0.386 e. The summed E-state index contributed by atoms with van der Waals surface area (Å²) in [6.07, 6.45) is 9.18. The molecule has 0 bridgehead atoms. The molecule has 5 rings (SSSR count). The van der Waals surface area contributed by atoms with Crippen LogP contribution < -0.4 is 4.90 Å². The molecular weight excluding hydrogens is 352 g/mol. The number of hydrogen-bond acceptors (Lipinski definition) is 5. The largest absolute Gasteiger partial charge is 0.386 e. The Kier molecular flexibility index (Phi) is 4.74. The van der Waals surface area contributed by atoms with E-state index in [9.17, 15) is 5.11 Å². The van der Waals surface area contributed by atoms with Crippen molar-refractivity contribution in [3.8, 4) is 5.69 Å². The molecule has 3 heterocycles. The Morgan fingerprint density at radius 1 is 1.04 bits per heavy atom. The minimum absolute atomic E-state index is 0.317. The molecule has 146 valence electrons. The summed E-state index contributed by atoms with van der Waals surface area (Å²) in [5.41, 5.74) is 3.83. The monoisotopic (exact) mass is 378 g/mol. The van der Waals surface area contributed by atoms with Gasteiger partial charge in [-0.3, -0.25) is 0 Å². The Morgan fingerprint density at radius 3 is 2.50 bits per heavy atom. The first-order valence-electron chi connectivity index (χ1n) is 10.3. The topological polar surface area (TPSA) is 63.4 Å². The van der Waals surface area contributed by atoms with Gasteiger partial charge in [0, 0.05) is 35.9 Å². The molecular formula is C22H26N4O2. The van der Waals surface area contributed by atoms with Gasteiger partial charge in [-0.1, -0.05) is 0 Å². The second-order valence-electron chi connectivity index (χ2n) is 7.85. The molecule has 2 fully saturated rings. The SMILES string of the molecule is O[C@@H](COC1CCC1)c1cnc2c(cnn2-c2ccc(N3CCCC3)cc2)c1. The second kappa shape index (κ2) is 7.53. The summed E-state index contributed by atoms with van der Waals surface area (Å²) < 4.78 is 7.58. The third kappa shape index (κ3) is 3.38. The summed E-state index contributed by atoms with van der Waals surface area (Å²) in [4.78, 5) is 6.99. The fourth-order valence-corrected chi connectivity index (χ4v) is 3.95. The molecule has 1 aromatic carbocycles. The van der Waals surface area contributed by atoms with E-state index in [1.165, 1.54) is 24.9 Å². The molecule has 6 heteroatoms. The standard InChI is InChI=1S/C22H26N4O2/c27-21(15-28-20-4-3-5-20)16-12-17-14-24-26(22(17)23-13-16)19-8-6-18(7-9-19)25-10-1-2-11-25/h6-9,12-14,20-21,27H,1-5,10-11,15H2/t21-/m0/s1. The third-order valence-electron chi connectivity index (χ3n) is 5.92. The van der Waals surface area contributed by atoms with Crippen molar-refractivity contribution in [2.45, 2.75) is 44.3 Å². The zero-order valence-corrected chi connectivity index (χ0v) is 16.0. The van der Waals surface area contributed by atoms with Crippen molar-refractivity contribution in [3.63, 3.8) is 0 Å². The van der Waals surface area contributed by atoms with Crippen LogP contribution in [-0.4, -0.2) is 45.7 Å². The summed E-state index contributed by atoms with van der Waals surface area (Å²) in [5, 5.41) is 15.8. The number of aromatic nitrogens is 3.